The molecule has 0 spiro atoms. The quantitative estimate of drug-likeness (QED) is 0.669. The van der Waals surface area contributed by atoms with E-state index in [0.717, 1.165) is 6.54 Å². The van der Waals surface area contributed by atoms with Gasteiger partial charge >= 0.3 is 5.97 Å². The highest BCUT2D eigenvalue weighted by molar-refractivity contribution is 5.66. The Labute approximate surface area is 84.8 Å². The molecule has 1 heterocycles. The van der Waals surface area contributed by atoms with Gasteiger partial charge in [-0.15, -0.1) is 0 Å². The van der Waals surface area contributed by atoms with E-state index in [1.54, 1.807) is 0 Å². The van der Waals surface area contributed by atoms with Crippen molar-refractivity contribution in [2.75, 3.05) is 33.4 Å². The first-order chi connectivity index (χ1) is 6.68. The number of ether oxygens (including phenoxy) is 1. The third kappa shape index (κ3) is 4.58. The molecule has 0 saturated carbocycles. The number of piperidine rings is 1. The average molecular weight is 201 g/mol. The van der Waals surface area contributed by atoms with Crippen LogP contribution in [0.5, 0.6) is 0 Å². The second-order valence-corrected chi connectivity index (χ2v) is 3.99. The molecular weight excluding hydrogens is 182 g/mol. The summed E-state index contributed by atoms with van der Waals surface area (Å²) in [5, 5.41) is 8.40. The monoisotopic (exact) mass is 201 g/mol. The molecular formula is C10H19NO3. The van der Waals surface area contributed by atoms with Crippen LogP contribution in [0.25, 0.3) is 0 Å². The predicted molar refractivity (Wildman–Crippen MR) is 53.3 cm³/mol. The van der Waals surface area contributed by atoms with Crippen LogP contribution in [0, 0.1) is 5.92 Å². The second kappa shape index (κ2) is 5.98. The lowest BCUT2D eigenvalue weighted by molar-refractivity contribution is -0.138. The molecule has 4 heteroatoms. The van der Waals surface area contributed by atoms with Crippen LogP contribution in [0.1, 0.15) is 19.3 Å². The summed E-state index contributed by atoms with van der Waals surface area (Å²) in [5.41, 5.74) is 0. The number of aliphatic carboxylic acids is 1. The van der Waals surface area contributed by atoms with Gasteiger partial charge in [0.05, 0.1) is 19.6 Å². The number of likely N-dealkylation sites (tertiary alicyclic amines) is 1. The van der Waals surface area contributed by atoms with Gasteiger partial charge in [-0.3, -0.25) is 4.79 Å². The molecule has 0 amide bonds. The van der Waals surface area contributed by atoms with Crippen LogP contribution in [0.3, 0.4) is 0 Å². The third-order valence-electron chi connectivity index (χ3n) is 2.54. The summed E-state index contributed by atoms with van der Waals surface area (Å²) in [6, 6.07) is 0. The van der Waals surface area contributed by atoms with Crippen LogP contribution >= 0.6 is 0 Å². The first-order valence-electron chi connectivity index (χ1n) is 5.16. The average Bonchev–Trinajstić information content (AvgIpc) is 2.12. The molecule has 0 bridgehead atoms. The van der Waals surface area contributed by atoms with Crippen molar-refractivity contribution in [1.82, 2.24) is 4.90 Å². The van der Waals surface area contributed by atoms with E-state index in [9.17, 15) is 4.79 Å². The standard InChI is InChI=1S/C10H19NO3/c1-11-5-2-3-9(7-11)8-14-6-4-10(12)13/h9H,2-8H2,1H3,(H,12,13)/t9-/m0/s1. The van der Waals surface area contributed by atoms with Gasteiger partial charge in [0.2, 0.25) is 0 Å². The maximum Gasteiger partial charge on any atom is 0.305 e. The number of nitrogens with zero attached hydrogens (tertiary/aromatic N) is 1. The molecule has 1 atom stereocenters. The lowest BCUT2D eigenvalue weighted by atomic mass is 10.00. The van der Waals surface area contributed by atoms with Crippen LogP contribution in [0.15, 0.2) is 0 Å². The van der Waals surface area contributed by atoms with Gasteiger partial charge in [0.15, 0.2) is 0 Å². The van der Waals surface area contributed by atoms with Crippen LogP contribution in [0.4, 0.5) is 0 Å². The molecule has 82 valence electrons. The van der Waals surface area contributed by atoms with E-state index >= 15 is 0 Å². The summed E-state index contributed by atoms with van der Waals surface area (Å²) in [7, 11) is 2.11. The molecule has 14 heavy (non-hydrogen) atoms. The zero-order chi connectivity index (χ0) is 10.4. The van der Waals surface area contributed by atoms with E-state index in [0.29, 0.717) is 19.1 Å². The van der Waals surface area contributed by atoms with E-state index in [-0.39, 0.29) is 6.42 Å². The molecule has 1 N–H and O–H groups in total. The Bertz CT molecular complexity index is 184. The summed E-state index contributed by atoms with van der Waals surface area (Å²) in [6.07, 6.45) is 2.55. The number of hydrogen-bond donors (Lipinski definition) is 1. The minimum absolute atomic E-state index is 0.114. The molecule has 1 aliphatic rings. The first kappa shape index (κ1) is 11.5. The summed E-state index contributed by atoms with van der Waals surface area (Å²) in [5.74, 6) is -0.201. The number of carboxylic acid groups (broad SMARTS) is 1. The summed E-state index contributed by atoms with van der Waals surface area (Å²) >= 11 is 0. The Morgan fingerprint density at radius 2 is 2.43 bits per heavy atom. The highest BCUT2D eigenvalue weighted by Gasteiger charge is 2.16. The van der Waals surface area contributed by atoms with Gasteiger partial charge in [-0.2, -0.15) is 0 Å². The molecule has 0 radical (unpaired) electrons. The molecule has 0 aromatic carbocycles. The van der Waals surface area contributed by atoms with Crippen LogP contribution < -0.4 is 0 Å². The van der Waals surface area contributed by atoms with Gasteiger partial charge < -0.3 is 14.7 Å². The van der Waals surface area contributed by atoms with E-state index in [4.69, 9.17) is 9.84 Å². The van der Waals surface area contributed by atoms with Gasteiger partial charge in [0.25, 0.3) is 0 Å². The number of hydrogen-bond acceptors (Lipinski definition) is 3. The van der Waals surface area contributed by atoms with Crippen molar-refractivity contribution in [3.05, 3.63) is 0 Å². The van der Waals surface area contributed by atoms with Crippen molar-refractivity contribution in [3.8, 4) is 0 Å². The highest BCUT2D eigenvalue weighted by Crippen LogP contribution is 2.14. The van der Waals surface area contributed by atoms with Crippen molar-refractivity contribution < 1.29 is 14.6 Å². The van der Waals surface area contributed by atoms with Gasteiger partial charge in [0, 0.05) is 6.54 Å². The second-order valence-electron chi connectivity index (χ2n) is 3.99. The molecule has 1 aliphatic heterocycles. The summed E-state index contributed by atoms with van der Waals surface area (Å²) < 4.78 is 5.32. The molecule has 4 nitrogen and oxygen atoms in total. The molecule has 0 unspecified atom stereocenters. The number of carbonyl (C=O) groups is 1. The topological polar surface area (TPSA) is 49.8 Å². The first-order valence-corrected chi connectivity index (χ1v) is 5.16. The van der Waals surface area contributed by atoms with Crippen molar-refractivity contribution in [2.24, 2.45) is 5.92 Å². The SMILES string of the molecule is CN1CCC[C@H](COCCC(=O)O)C1. The fourth-order valence-electron chi connectivity index (χ4n) is 1.82. The maximum atomic E-state index is 10.2. The molecule has 0 aromatic heterocycles. The highest BCUT2D eigenvalue weighted by atomic mass is 16.5. The van der Waals surface area contributed by atoms with Gasteiger partial charge in [-0.1, -0.05) is 0 Å². The lowest BCUT2D eigenvalue weighted by Gasteiger charge is -2.29. The fourth-order valence-corrected chi connectivity index (χ4v) is 1.82. The van der Waals surface area contributed by atoms with E-state index < -0.39 is 5.97 Å². The van der Waals surface area contributed by atoms with Crippen LogP contribution in [-0.2, 0) is 9.53 Å². The van der Waals surface area contributed by atoms with E-state index in [1.165, 1.54) is 19.4 Å². The molecule has 1 fully saturated rings. The fraction of sp³-hybridized carbons (Fsp3) is 0.900. The Hall–Kier alpha value is -0.610. The minimum atomic E-state index is -0.786. The smallest absolute Gasteiger partial charge is 0.305 e. The minimum Gasteiger partial charge on any atom is -0.481 e. The molecule has 1 saturated heterocycles. The zero-order valence-corrected chi connectivity index (χ0v) is 8.74. The lowest BCUT2D eigenvalue weighted by Crippen LogP contribution is -2.34. The van der Waals surface area contributed by atoms with Crippen molar-refractivity contribution in [2.45, 2.75) is 19.3 Å². The Morgan fingerprint density at radius 3 is 3.07 bits per heavy atom. The van der Waals surface area contributed by atoms with Gasteiger partial charge in [0.1, 0.15) is 0 Å². The zero-order valence-electron chi connectivity index (χ0n) is 8.74. The molecule has 0 aliphatic carbocycles. The number of carboxylic acids is 1. The van der Waals surface area contributed by atoms with Crippen molar-refractivity contribution in [1.29, 1.82) is 0 Å². The molecule has 0 aromatic rings. The number of rotatable bonds is 5. The maximum absolute atomic E-state index is 10.2. The normalized spacial score (nSPS) is 23.6. The van der Waals surface area contributed by atoms with Gasteiger partial charge in [-0.05, 0) is 32.4 Å². The summed E-state index contributed by atoms with van der Waals surface area (Å²) in [4.78, 5) is 12.5. The summed E-state index contributed by atoms with van der Waals surface area (Å²) in [6.45, 7) is 3.30. The van der Waals surface area contributed by atoms with E-state index in [2.05, 4.69) is 11.9 Å². The van der Waals surface area contributed by atoms with Gasteiger partial charge in [-0.25, -0.2) is 0 Å². The van der Waals surface area contributed by atoms with Crippen molar-refractivity contribution >= 4 is 5.97 Å². The Balaban J connectivity index is 2.03. The van der Waals surface area contributed by atoms with Crippen LogP contribution in [0.2, 0.25) is 0 Å². The Morgan fingerprint density at radius 1 is 1.64 bits per heavy atom. The predicted octanol–water partition coefficient (Wildman–Crippen LogP) is 0.820. The molecule has 1 rings (SSSR count). The van der Waals surface area contributed by atoms with Crippen LogP contribution in [-0.4, -0.2) is 49.3 Å². The third-order valence-corrected chi connectivity index (χ3v) is 2.54. The Kier molecular flexibility index (Phi) is 4.90. The largest absolute Gasteiger partial charge is 0.481 e. The van der Waals surface area contributed by atoms with E-state index in [1.807, 2.05) is 0 Å². The van der Waals surface area contributed by atoms with Crippen molar-refractivity contribution in [3.63, 3.8) is 0 Å².